The van der Waals surface area contributed by atoms with Crippen LogP contribution in [0.1, 0.15) is 42.5 Å². The fourth-order valence-corrected chi connectivity index (χ4v) is 6.38. The maximum Gasteiger partial charge on any atom is 0.318 e. The normalized spacial score (nSPS) is 22.1. The van der Waals surface area contributed by atoms with Gasteiger partial charge in [0.05, 0.1) is 5.69 Å². The Morgan fingerprint density at radius 1 is 1.08 bits per heavy atom. The Balaban J connectivity index is 1.28. The number of likely N-dealkylation sites (N-methyl/N-ethyl adjacent to an activating group) is 1. The van der Waals surface area contributed by atoms with Crippen LogP contribution in [-0.4, -0.2) is 70.7 Å². The van der Waals surface area contributed by atoms with E-state index in [0.717, 1.165) is 73.3 Å². The quantitative estimate of drug-likeness (QED) is 0.469. The first-order valence-electron chi connectivity index (χ1n) is 13.8. The van der Waals surface area contributed by atoms with Gasteiger partial charge >= 0.3 is 6.01 Å². The van der Waals surface area contributed by atoms with E-state index in [2.05, 4.69) is 38.7 Å². The van der Waals surface area contributed by atoms with Gasteiger partial charge in [-0.15, -0.1) is 0 Å². The molecule has 8 nitrogen and oxygen atoms in total. The third-order valence-electron chi connectivity index (χ3n) is 8.41. The third-order valence-corrected chi connectivity index (χ3v) is 8.41. The molecule has 0 amide bonds. The van der Waals surface area contributed by atoms with Crippen molar-refractivity contribution in [2.75, 3.05) is 44.7 Å². The number of aromatic nitrogens is 2. The van der Waals surface area contributed by atoms with E-state index in [-0.39, 0.29) is 0 Å². The highest BCUT2D eigenvalue weighted by Gasteiger charge is 2.32. The summed E-state index contributed by atoms with van der Waals surface area (Å²) in [6.07, 6.45) is 4.52. The van der Waals surface area contributed by atoms with Gasteiger partial charge in [-0.3, -0.25) is 4.90 Å². The molecule has 38 heavy (non-hydrogen) atoms. The monoisotopic (exact) mass is 512 g/mol. The first-order valence-corrected chi connectivity index (χ1v) is 13.8. The fourth-order valence-electron chi connectivity index (χ4n) is 6.38. The summed E-state index contributed by atoms with van der Waals surface area (Å²) in [6, 6.07) is 12.8. The average molecular weight is 513 g/mol. The molecule has 3 aliphatic heterocycles. The summed E-state index contributed by atoms with van der Waals surface area (Å²) in [7, 11) is 2.16. The molecule has 0 radical (unpaired) electrons. The second-order valence-electron chi connectivity index (χ2n) is 11.1. The Labute approximate surface area is 224 Å². The Morgan fingerprint density at radius 3 is 2.74 bits per heavy atom. The summed E-state index contributed by atoms with van der Waals surface area (Å²) in [6.45, 7) is 13.6. The van der Waals surface area contributed by atoms with Crippen molar-refractivity contribution in [2.24, 2.45) is 5.92 Å². The molecule has 0 spiro atoms. The van der Waals surface area contributed by atoms with Crippen molar-refractivity contribution < 1.29 is 9.84 Å². The predicted octanol–water partition coefficient (Wildman–Crippen LogP) is 4.46. The molecule has 0 aliphatic carbocycles. The zero-order chi connectivity index (χ0) is 26.1. The van der Waals surface area contributed by atoms with Gasteiger partial charge in [-0.25, -0.2) is 6.57 Å². The molecule has 2 aromatic carbocycles. The van der Waals surface area contributed by atoms with Crippen LogP contribution in [0.5, 0.6) is 11.8 Å². The molecule has 1 N–H and O–H groups in total. The first-order chi connectivity index (χ1) is 18.6. The van der Waals surface area contributed by atoms with Crippen LogP contribution in [0.2, 0.25) is 0 Å². The van der Waals surface area contributed by atoms with Gasteiger partial charge in [-0.05, 0) is 56.3 Å². The molecule has 3 aliphatic rings. The molecule has 1 aromatic heterocycles. The maximum atomic E-state index is 10.6. The van der Waals surface area contributed by atoms with Crippen molar-refractivity contribution >= 4 is 16.6 Å². The zero-order valence-electron chi connectivity index (χ0n) is 22.1. The lowest BCUT2D eigenvalue weighted by molar-refractivity contribution is 0.187. The van der Waals surface area contributed by atoms with Gasteiger partial charge in [0.2, 0.25) is 6.54 Å². The molecule has 8 heteroatoms. The highest BCUT2D eigenvalue weighted by Crippen LogP contribution is 2.36. The molecular weight excluding hydrogens is 476 g/mol. The lowest BCUT2D eigenvalue weighted by Crippen LogP contribution is -2.38. The molecule has 4 heterocycles. The zero-order valence-corrected chi connectivity index (χ0v) is 22.1. The second-order valence-corrected chi connectivity index (χ2v) is 11.1. The number of phenolic OH excluding ortho intramolecular Hbond substituents is 1. The number of hydrogen-bond acceptors (Lipinski definition) is 7. The number of aromatic hydroxyl groups is 1. The Hall–Kier alpha value is -3.41. The molecule has 3 aromatic rings. The molecule has 0 saturated carbocycles. The van der Waals surface area contributed by atoms with Crippen LogP contribution in [0.25, 0.3) is 15.6 Å². The number of nitrogens with zero attached hydrogens (tertiary/aromatic N) is 6. The fraction of sp³-hybridized carbons (Fsp3) is 0.500. The number of piperidine rings is 1. The topological polar surface area (TPSA) is 69.3 Å². The number of fused-ring (bicyclic) bond motifs is 2. The number of hydrogen-bond donors (Lipinski definition) is 1. The van der Waals surface area contributed by atoms with Crippen LogP contribution in [0.3, 0.4) is 0 Å². The minimum atomic E-state index is 0.321. The summed E-state index contributed by atoms with van der Waals surface area (Å²) < 4.78 is 6.23. The van der Waals surface area contributed by atoms with Gasteiger partial charge in [-0.2, -0.15) is 9.97 Å². The van der Waals surface area contributed by atoms with E-state index in [0.29, 0.717) is 50.0 Å². The van der Waals surface area contributed by atoms with E-state index in [9.17, 15) is 5.11 Å². The van der Waals surface area contributed by atoms with Crippen molar-refractivity contribution in [1.82, 2.24) is 19.8 Å². The van der Waals surface area contributed by atoms with E-state index < -0.39 is 0 Å². The van der Waals surface area contributed by atoms with Crippen molar-refractivity contribution in [3.05, 3.63) is 64.6 Å². The van der Waals surface area contributed by atoms with Gasteiger partial charge in [0.25, 0.3) is 0 Å². The van der Waals surface area contributed by atoms with Crippen LogP contribution >= 0.6 is 0 Å². The molecule has 198 valence electrons. The summed E-state index contributed by atoms with van der Waals surface area (Å²) in [4.78, 5) is 20.7. The lowest BCUT2D eigenvalue weighted by Gasteiger charge is -2.32. The summed E-state index contributed by atoms with van der Waals surface area (Å²) in [5, 5.41) is 12.6. The van der Waals surface area contributed by atoms with Crippen molar-refractivity contribution in [1.29, 1.82) is 0 Å². The smallest absolute Gasteiger partial charge is 0.318 e. The van der Waals surface area contributed by atoms with E-state index in [4.69, 9.17) is 21.3 Å². The van der Waals surface area contributed by atoms with Gasteiger partial charge in [0.15, 0.2) is 0 Å². The van der Waals surface area contributed by atoms with Crippen LogP contribution in [0.15, 0.2) is 36.4 Å². The van der Waals surface area contributed by atoms with E-state index in [1.807, 2.05) is 18.2 Å². The molecule has 6 rings (SSSR count). The standard InChI is InChI=1S/C30H36N6O2/c1-31-15-21-7-5-14-36(16-21)29-25-18-35(17-23-10-3-8-22-9-4-12-27(37)28(22)23)19-26(25)32-30(33-29)38-20-24-11-6-13-34(24)2/h3-4,8-10,12,21,24,37H,5-7,11,13-20H2,2H3/t21-,24-/m0/s1. The number of ether oxygens (including phenoxy) is 1. The molecule has 0 unspecified atom stereocenters. The number of likely N-dealkylation sites (tertiary alicyclic amines) is 1. The summed E-state index contributed by atoms with van der Waals surface area (Å²) in [5.41, 5.74) is 3.31. The molecular formula is C30H36N6O2. The Bertz CT molecular complexity index is 1350. The van der Waals surface area contributed by atoms with Crippen LogP contribution in [0.4, 0.5) is 5.82 Å². The largest absolute Gasteiger partial charge is 0.507 e. The van der Waals surface area contributed by atoms with E-state index in [1.165, 1.54) is 12.0 Å². The minimum absolute atomic E-state index is 0.321. The van der Waals surface area contributed by atoms with Crippen molar-refractivity contribution in [2.45, 2.75) is 51.4 Å². The second kappa shape index (κ2) is 10.8. The van der Waals surface area contributed by atoms with Crippen molar-refractivity contribution in [3.8, 4) is 11.8 Å². The van der Waals surface area contributed by atoms with Gasteiger partial charge in [-0.1, -0.05) is 30.3 Å². The highest BCUT2D eigenvalue weighted by molar-refractivity contribution is 5.91. The first kappa shape index (κ1) is 24.9. The maximum absolute atomic E-state index is 10.6. The van der Waals surface area contributed by atoms with E-state index >= 15 is 0 Å². The number of rotatable bonds is 7. The third kappa shape index (κ3) is 5.01. The highest BCUT2D eigenvalue weighted by atomic mass is 16.5. The van der Waals surface area contributed by atoms with Crippen LogP contribution in [0, 0.1) is 12.5 Å². The van der Waals surface area contributed by atoms with Crippen molar-refractivity contribution in [3.63, 3.8) is 0 Å². The van der Waals surface area contributed by atoms with E-state index in [1.54, 1.807) is 6.07 Å². The number of anilines is 1. The van der Waals surface area contributed by atoms with Crippen LogP contribution in [-0.2, 0) is 19.6 Å². The molecule has 2 fully saturated rings. The summed E-state index contributed by atoms with van der Waals surface area (Å²) >= 11 is 0. The lowest BCUT2D eigenvalue weighted by atomic mass is 9.98. The minimum Gasteiger partial charge on any atom is -0.507 e. The van der Waals surface area contributed by atoms with Gasteiger partial charge in [0.1, 0.15) is 18.2 Å². The number of phenols is 1. The SMILES string of the molecule is [C-]#[N+]C[C@@H]1CCCN(c2nc(OC[C@@H]3CCCN3C)nc3c2CN(Cc2cccc4cccc(O)c24)C3)C1. The molecule has 0 bridgehead atoms. The number of benzene rings is 2. The predicted molar refractivity (Wildman–Crippen MR) is 148 cm³/mol. The Morgan fingerprint density at radius 2 is 1.92 bits per heavy atom. The van der Waals surface area contributed by atoms with Gasteiger partial charge in [0, 0.05) is 55.6 Å². The molecule has 2 atom stereocenters. The van der Waals surface area contributed by atoms with Crippen LogP contribution < -0.4 is 9.64 Å². The van der Waals surface area contributed by atoms with Gasteiger partial charge < -0.3 is 24.5 Å². The summed E-state index contributed by atoms with van der Waals surface area (Å²) in [5.74, 6) is 1.67. The Kier molecular flexibility index (Phi) is 7.05. The molecule has 2 saturated heterocycles. The average Bonchev–Trinajstić information content (AvgIpc) is 3.52.